The normalized spacial score (nSPS) is 42.8. The monoisotopic (exact) mass is 522 g/mol. The highest BCUT2D eigenvalue weighted by Gasteiger charge is 2.62. The van der Waals surface area contributed by atoms with Crippen molar-refractivity contribution in [2.24, 2.45) is 46.3 Å². The molecule has 0 saturated heterocycles. The second-order valence-electron chi connectivity index (χ2n) is 14.6. The summed E-state index contributed by atoms with van der Waals surface area (Å²) >= 11 is 0. The molecule has 1 aliphatic heterocycles. The predicted molar refractivity (Wildman–Crippen MR) is 153 cm³/mol. The second-order valence-corrected chi connectivity index (χ2v) is 14.6. The predicted octanol–water partition coefficient (Wildman–Crippen LogP) is 6.14. The largest absolute Gasteiger partial charge is 0.393 e. The van der Waals surface area contributed by atoms with Crippen molar-refractivity contribution in [1.82, 2.24) is 0 Å². The minimum absolute atomic E-state index is 0.177. The molecule has 210 valence electrons. The Morgan fingerprint density at radius 1 is 1.03 bits per heavy atom. The van der Waals surface area contributed by atoms with Gasteiger partial charge in [0.25, 0.3) is 0 Å². The Kier molecular flexibility index (Phi) is 6.66. The standard InChI is InChI=1S/C33H50N2O3/c1-20-6-10-27-28(16-20)34(5)19-35(27)30(38)11-7-21(2)24-8-9-25-31-26(13-15-33(24,25)4)32(3)14-12-23(36)17-22(32)18-29(31)37/h6,10,16,21-26,29,31,36-37H,7-9,11-15,17-19H2,1-5H3/t21-,22+,23-,24-,25+,26+,29-,31+,32+,33-/m1/s1. The van der Waals surface area contributed by atoms with Crippen LogP contribution >= 0.6 is 0 Å². The summed E-state index contributed by atoms with van der Waals surface area (Å²) in [4.78, 5) is 17.5. The van der Waals surface area contributed by atoms with E-state index < -0.39 is 0 Å². The zero-order valence-electron chi connectivity index (χ0n) is 24.3. The van der Waals surface area contributed by atoms with Crippen LogP contribution in [0.5, 0.6) is 0 Å². The smallest absolute Gasteiger partial charge is 0.228 e. The third-order valence-corrected chi connectivity index (χ3v) is 12.7. The lowest BCUT2D eigenvalue weighted by Gasteiger charge is -2.62. The van der Waals surface area contributed by atoms with Gasteiger partial charge in [0.1, 0.15) is 0 Å². The quantitative estimate of drug-likeness (QED) is 0.498. The third-order valence-electron chi connectivity index (χ3n) is 12.7. The maximum atomic E-state index is 13.4. The summed E-state index contributed by atoms with van der Waals surface area (Å²) in [5.74, 6) is 3.44. The van der Waals surface area contributed by atoms with Gasteiger partial charge < -0.3 is 15.1 Å². The Hall–Kier alpha value is -1.59. The molecule has 4 saturated carbocycles. The molecule has 0 unspecified atom stereocenters. The molecular formula is C33H50N2O3. The molecule has 0 spiro atoms. The molecule has 5 nitrogen and oxygen atoms in total. The van der Waals surface area contributed by atoms with E-state index in [0.717, 1.165) is 43.5 Å². The SMILES string of the molecule is Cc1ccc2c(c1)N(C)CN2C(=O)CC[C@@H](C)[C@H]1CC[C@H]2[C@@H]3[C@H](O)C[C@@H]4C[C@H](O)CC[C@]4(C)[C@H]3CC[C@]12C. The summed E-state index contributed by atoms with van der Waals surface area (Å²) in [5, 5.41) is 21.9. The van der Waals surface area contributed by atoms with Crippen LogP contribution in [-0.2, 0) is 4.79 Å². The van der Waals surface area contributed by atoms with E-state index in [0.29, 0.717) is 48.6 Å². The van der Waals surface area contributed by atoms with Gasteiger partial charge in [-0.1, -0.05) is 26.8 Å². The number of carbonyl (C=O) groups excluding carboxylic acids is 1. The van der Waals surface area contributed by atoms with E-state index >= 15 is 0 Å². The number of rotatable bonds is 4. The van der Waals surface area contributed by atoms with Crippen LogP contribution in [0.2, 0.25) is 0 Å². The van der Waals surface area contributed by atoms with Gasteiger partial charge in [-0.05, 0) is 129 Å². The van der Waals surface area contributed by atoms with E-state index in [-0.39, 0.29) is 28.9 Å². The Morgan fingerprint density at radius 2 is 1.76 bits per heavy atom. The number of fused-ring (bicyclic) bond motifs is 6. The lowest BCUT2D eigenvalue weighted by Crippen LogP contribution is -2.58. The minimum atomic E-state index is -0.223. The molecule has 0 bridgehead atoms. The van der Waals surface area contributed by atoms with E-state index in [2.05, 4.69) is 57.8 Å². The Morgan fingerprint density at radius 3 is 2.55 bits per heavy atom. The maximum absolute atomic E-state index is 13.4. The fourth-order valence-corrected chi connectivity index (χ4v) is 10.6. The number of anilines is 2. The zero-order valence-corrected chi connectivity index (χ0v) is 24.3. The van der Waals surface area contributed by atoms with Crippen LogP contribution in [0.1, 0.15) is 90.5 Å². The average molecular weight is 523 g/mol. The summed E-state index contributed by atoms with van der Waals surface area (Å²) in [7, 11) is 2.07. The highest BCUT2D eigenvalue weighted by atomic mass is 16.3. The Balaban J connectivity index is 1.13. The van der Waals surface area contributed by atoms with Gasteiger partial charge in [-0.15, -0.1) is 0 Å². The maximum Gasteiger partial charge on any atom is 0.228 e. The first-order valence-electron chi connectivity index (χ1n) is 15.5. The van der Waals surface area contributed by atoms with Crippen molar-refractivity contribution in [1.29, 1.82) is 0 Å². The van der Waals surface area contributed by atoms with E-state index in [9.17, 15) is 15.0 Å². The van der Waals surface area contributed by atoms with E-state index in [4.69, 9.17) is 0 Å². The van der Waals surface area contributed by atoms with Crippen LogP contribution in [0.25, 0.3) is 0 Å². The van der Waals surface area contributed by atoms with Gasteiger partial charge in [0.15, 0.2) is 0 Å². The van der Waals surface area contributed by atoms with Crippen molar-refractivity contribution in [2.75, 3.05) is 23.5 Å². The van der Waals surface area contributed by atoms with Crippen LogP contribution < -0.4 is 9.80 Å². The molecule has 6 rings (SSSR count). The first-order chi connectivity index (χ1) is 18.0. The fourth-order valence-electron chi connectivity index (χ4n) is 10.6. The molecule has 5 aliphatic rings. The van der Waals surface area contributed by atoms with Gasteiger partial charge in [-0.3, -0.25) is 9.69 Å². The molecule has 0 aromatic heterocycles. The molecule has 0 radical (unpaired) electrons. The Bertz CT molecular complexity index is 1070. The summed E-state index contributed by atoms with van der Waals surface area (Å²) in [6.07, 6.45) is 9.89. The average Bonchev–Trinajstić information content (AvgIpc) is 3.40. The molecule has 1 amide bonds. The molecular weight excluding hydrogens is 472 g/mol. The molecule has 4 fully saturated rings. The van der Waals surface area contributed by atoms with Crippen molar-refractivity contribution in [3.8, 4) is 0 Å². The number of hydrogen-bond acceptors (Lipinski definition) is 4. The van der Waals surface area contributed by atoms with Gasteiger partial charge in [-0.25, -0.2) is 0 Å². The summed E-state index contributed by atoms with van der Waals surface area (Å²) in [6.45, 7) is 10.2. The summed E-state index contributed by atoms with van der Waals surface area (Å²) in [6, 6.07) is 6.39. The van der Waals surface area contributed by atoms with Gasteiger partial charge in [0.2, 0.25) is 5.91 Å². The van der Waals surface area contributed by atoms with Crippen LogP contribution in [0.4, 0.5) is 11.4 Å². The molecule has 1 heterocycles. The number of hydrogen-bond donors (Lipinski definition) is 2. The highest BCUT2D eigenvalue weighted by molar-refractivity contribution is 5.99. The topological polar surface area (TPSA) is 64.0 Å². The van der Waals surface area contributed by atoms with Crippen LogP contribution in [0.15, 0.2) is 18.2 Å². The minimum Gasteiger partial charge on any atom is -0.393 e. The van der Waals surface area contributed by atoms with Crippen LogP contribution in [0.3, 0.4) is 0 Å². The van der Waals surface area contributed by atoms with Crippen molar-refractivity contribution in [2.45, 2.75) is 104 Å². The molecule has 38 heavy (non-hydrogen) atoms. The molecule has 5 heteroatoms. The number of aryl methyl sites for hydroxylation is 1. The van der Waals surface area contributed by atoms with Gasteiger partial charge in [0.05, 0.1) is 30.3 Å². The van der Waals surface area contributed by atoms with Crippen molar-refractivity contribution in [3.05, 3.63) is 23.8 Å². The first-order valence-corrected chi connectivity index (χ1v) is 15.5. The van der Waals surface area contributed by atoms with Gasteiger partial charge in [-0.2, -0.15) is 0 Å². The highest BCUT2D eigenvalue weighted by Crippen LogP contribution is 2.68. The molecule has 1 aromatic carbocycles. The molecule has 4 aliphatic carbocycles. The fraction of sp³-hybridized carbons (Fsp3) is 0.788. The van der Waals surface area contributed by atoms with Crippen LogP contribution in [0, 0.1) is 53.3 Å². The first kappa shape index (κ1) is 26.6. The number of carbonyl (C=O) groups is 1. The molecule has 2 N–H and O–H groups in total. The van der Waals surface area contributed by atoms with Crippen molar-refractivity contribution < 1.29 is 15.0 Å². The lowest BCUT2D eigenvalue weighted by molar-refractivity contribution is -0.174. The number of nitrogens with zero attached hydrogens (tertiary/aromatic N) is 2. The zero-order chi connectivity index (χ0) is 27.0. The number of amides is 1. The van der Waals surface area contributed by atoms with Crippen molar-refractivity contribution >= 4 is 17.3 Å². The number of benzene rings is 1. The van der Waals surface area contributed by atoms with E-state index in [1.54, 1.807) is 0 Å². The van der Waals surface area contributed by atoms with E-state index in [1.165, 1.54) is 31.2 Å². The number of aliphatic hydroxyl groups is 2. The second kappa shape index (κ2) is 9.51. The van der Waals surface area contributed by atoms with E-state index in [1.807, 2.05) is 4.90 Å². The third kappa shape index (κ3) is 4.05. The lowest BCUT2D eigenvalue weighted by atomic mass is 9.43. The number of aliphatic hydroxyl groups excluding tert-OH is 2. The molecule has 10 atom stereocenters. The Labute approximate surface area is 230 Å². The summed E-state index contributed by atoms with van der Waals surface area (Å²) in [5.41, 5.74) is 3.98. The van der Waals surface area contributed by atoms with Gasteiger partial charge in [0, 0.05) is 13.5 Å². The van der Waals surface area contributed by atoms with Crippen molar-refractivity contribution in [3.63, 3.8) is 0 Å². The van der Waals surface area contributed by atoms with Gasteiger partial charge >= 0.3 is 0 Å². The summed E-state index contributed by atoms with van der Waals surface area (Å²) < 4.78 is 0. The molecule has 1 aromatic rings. The van der Waals surface area contributed by atoms with Crippen LogP contribution in [-0.4, -0.2) is 42.0 Å².